The van der Waals surface area contributed by atoms with E-state index in [-0.39, 0.29) is 11.7 Å². The molecule has 0 saturated heterocycles. The molecule has 1 aliphatic rings. The van der Waals surface area contributed by atoms with E-state index in [1.54, 1.807) is 7.11 Å². The molecule has 0 spiro atoms. The largest absolute Gasteiger partial charge is 0.495 e. The molecule has 2 aromatic rings. The van der Waals surface area contributed by atoms with Crippen molar-refractivity contribution in [3.63, 3.8) is 0 Å². The fourth-order valence-corrected chi connectivity index (χ4v) is 3.39. The van der Waals surface area contributed by atoms with Gasteiger partial charge in [0.05, 0.1) is 12.1 Å². The minimum atomic E-state index is -0.0805. The van der Waals surface area contributed by atoms with Crippen molar-refractivity contribution < 1.29 is 9.53 Å². The van der Waals surface area contributed by atoms with Gasteiger partial charge in [-0.15, -0.1) is 0 Å². The topological polar surface area (TPSA) is 26.3 Å². The first-order valence-corrected chi connectivity index (χ1v) is 7.50. The van der Waals surface area contributed by atoms with Crippen molar-refractivity contribution in [2.45, 2.75) is 12.8 Å². The summed E-state index contributed by atoms with van der Waals surface area (Å²) in [6.45, 7) is 0. The summed E-state index contributed by atoms with van der Waals surface area (Å²) < 4.78 is 5.21. The van der Waals surface area contributed by atoms with Gasteiger partial charge >= 0.3 is 0 Å². The van der Waals surface area contributed by atoms with Gasteiger partial charge in [-0.25, -0.2) is 0 Å². The number of Topliss-reactive ketones (excluding diaryl/α,β-unsaturated/α-hetero) is 1. The molecule has 1 aliphatic carbocycles. The lowest BCUT2D eigenvalue weighted by atomic mass is 9.96. The Morgan fingerprint density at radius 2 is 1.90 bits per heavy atom. The highest BCUT2D eigenvalue weighted by atomic mass is 35.5. The van der Waals surface area contributed by atoms with Crippen LogP contribution in [0.4, 0.5) is 0 Å². The maximum Gasteiger partial charge on any atom is 0.168 e. The summed E-state index contributed by atoms with van der Waals surface area (Å²) in [6.07, 6.45) is 1.39. The highest BCUT2D eigenvalue weighted by molar-refractivity contribution is 6.45. The predicted molar refractivity (Wildman–Crippen MR) is 84.7 cm³/mol. The van der Waals surface area contributed by atoms with Crippen LogP contribution in [-0.4, -0.2) is 12.9 Å². The zero-order chi connectivity index (χ0) is 15.0. The zero-order valence-corrected chi connectivity index (χ0v) is 13.0. The van der Waals surface area contributed by atoms with Crippen LogP contribution in [0.3, 0.4) is 0 Å². The van der Waals surface area contributed by atoms with Gasteiger partial charge in [-0.1, -0.05) is 53.5 Å². The van der Waals surface area contributed by atoms with Crippen molar-refractivity contribution in [3.8, 4) is 5.75 Å². The Kier molecular flexibility index (Phi) is 3.92. The molecule has 2 aromatic carbocycles. The summed E-state index contributed by atoms with van der Waals surface area (Å²) >= 11 is 12.4. The summed E-state index contributed by atoms with van der Waals surface area (Å²) in [7, 11) is 1.54. The number of hydrogen-bond acceptors (Lipinski definition) is 2. The van der Waals surface area contributed by atoms with Crippen molar-refractivity contribution in [2.75, 3.05) is 7.11 Å². The maximum absolute atomic E-state index is 12.6. The van der Waals surface area contributed by atoms with Crippen LogP contribution in [0.2, 0.25) is 10.0 Å². The Morgan fingerprint density at radius 1 is 1.19 bits per heavy atom. The number of carbonyl (C=O) groups excluding carboxylic acids is 1. The summed E-state index contributed by atoms with van der Waals surface area (Å²) in [4.78, 5) is 12.6. The Labute approximate surface area is 133 Å². The highest BCUT2D eigenvalue weighted by Gasteiger charge is 2.34. The standard InChI is InChI=1S/C17H14Cl2O2/c1-21-13-9-11-8-12(7-10-5-3-2-4-6-10)17(20)14(11)16(19)15(13)18/h2-6,9,12H,7-8H2,1H3. The highest BCUT2D eigenvalue weighted by Crippen LogP contribution is 2.42. The summed E-state index contributed by atoms with van der Waals surface area (Å²) in [5.74, 6) is 0.514. The quantitative estimate of drug-likeness (QED) is 0.826. The van der Waals surface area contributed by atoms with E-state index in [2.05, 4.69) is 0 Å². The van der Waals surface area contributed by atoms with Gasteiger partial charge in [0.2, 0.25) is 0 Å². The number of halogens is 2. The molecule has 3 rings (SSSR count). The smallest absolute Gasteiger partial charge is 0.168 e. The molecule has 4 heteroatoms. The number of methoxy groups -OCH3 is 1. The van der Waals surface area contributed by atoms with Crippen LogP contribution in [-0.2, 0) is 12.8 Å². The lowest BCUT2D eigenvalue weighted by molar-refractivity contribution is 0.0936. The second-order valence-electron chi connectivity index (χ2n) is 5.20. The molecular formula is C17H14Cl2O2. The number of rotatable bonds is 3. The van der Waals surface area contributed by atoms with Gasteiger partial charge in [-0.2, -0.15) is 0 Å². The second kappa shape index (κ2) is 5.70. The fraction of sp³-hybridized carbons (Fsp3) is 0.235. The van der Waals surface area contributed by atoms with E-state index in [1.165, 1.54) is 0 Å². The van der Waals surface area contributed by atoms with Crippen molar-refractivity contribution >= 4 is 29.0 Å². The number of fused-ring (bicyclic) bond motifs is 1. The fourth-order valence-electron chi connectivity index (χ4n) is 2.85. The number of ketones is 1. The van der Waals surface area contributed by atoms with Gasteiger partial charge in [-0.3, -0.25) is 4.79 Å². The van der Waals surface area contributed by atoms with Crippen LogP contribution in [0.1, 0.15) is 21.5 Å². The number of benzene rings is 2. The first-order valence-electron chi connectivity index (χ1n) is 6.74. The van der Waals surface area contributed by atoms with Gasteiger partial charge in [0, 0.05) is 11.5 Å². The molecule has 0 saturated carbocycles. The van der Waals surface area contributed by atoms with Crippen LogP contribution in [0.5, 0.6) is 5.75 Å². The third-order valence-electron chi connectivity index (χ3n) is 3.88. The monoisotopic (exact) mass is 320 g/mol. The Balaban J connectivity index is 1.94. The first kappa shape index (κ1) is 14.4. The van der Waals surface area contributed by atoms with Crippen LogP contribution in [0.15, 0.2) is 36.4 Å². The molecule has 21 heavy (non-hydrogen) atoms. The van der Waals surface area contributed by atoms with Crippen LogP contribution in [0, 0.1) is 5.92 Å². The van der Waals surface area contributed by atoms with Crippen LogP contribution < -0.4 is 4.74 Å². The second-order valence-corrected chi connectivity index (χ2v) is 5.95. The molecule has 1 unspecified atom stereocenters. The van der Waals surface area contributed by atoms with Gasteiger partial charge in [0.25, 0.3) is 0 Å². The van der Waals surface area contributed by atoms with Gasteiger partial charge < -0.3 is 4.74 Å². The molecule has 0 aromatic heterocycles. The summed E-state index contributed by atoms with van der Waals surface area (Å²) in [5.41, 5.74) is 2.63. The van der Waals surface area contributed by atoms with E-state index in [0.717, 1.165) is 11.1 Å². The maximum atomic E-state index is 12.6. The number of carbonyl (C=O) groups is 1. The normalized spacial score (nSPS) is 16.9. The predicted octanol–water partition coefficient (Wildman–Crippen LogP) is 4.60. The van der Waals surface area contributed by atoms with Crippen molar-refractivity contribution in [1.29, 1.82) is 0 Å². The van der Waals surface area contributed by atoms with E-state index in [1.807, 2.05) is 36.4 Å². The van der Waals surface area contributed by atoms with Crippen LogP contribution in [0.25, 0.3) is 0 Å². The SMILES string of the molecule is COc1cc2c(c(Cl)c1Cl)C(=O)C(Cc1ccccc1)C2. The first-order chi connectivity index (χ1) is 10.1. The van der Waals surface area contributed by atoms with E-state index < -0.39 is 0 Å². The molecule has 0 bridgehead atoms. The molecule has 108 valence electrons. The number of ether oxygens (including phenoxy) is 1. The molecule has 0 amide bonds. The molecule has 1 atom stereocenters. The summed E-state index contributed by atoms with van der Waals surface area (Å²) in [6, 6.07) is 11.8. The van der Waals surface area contributed by atoms with E-state index in [0.29, 0.717) is 34.2 Å². The van der Waals surface area contributed by atoms with Crippen molar-refractivity contribution in [1.82, 2.24) is 0 Å². The average molecular weight is 321 g/mol. The van der Waals surface area contributed by atoms with Crippen molar-refractivity contribution in [2.24, 2.45) is 5.92 Å². The lowest BCUT2D eigenvalue weighted by Crippen LogP contribution is -2.12. The minimum Gasteiger partial charge on any atom is -0.495 e. The van der Waals surface area contributed by atoms with E-state index in [9.17, 15) is 4.79 Å². The van der Waals surface area contributed by atoms with Gasteiger partial charge in [-0.05, 0) is 30.0 Å². The van der Waals surface area contributed by atoms with Crippen molar-refractivity contribution in [3.05, 3.63) is 63.1 Å². The molecule has 0 radical (unpaired) electrons. The third kappa shape index (κ3) is 2.54. The Hall–Kier alpha value is -1.51. The van der Waals surface area contributed by atoms with E-state index >= 15 is 0 Å². The molecule has 0 heterocycles. The van der Waals surface area contributed by atoms with E-state index in [4.69, 9.17) is 27.9 Å². The van der Waals surface area contributed by atoms with Gasteiger partial charge in [0.15, 0.2) is 5.78 Å². The Bertz CT molecular complexity index is 696. The molecule has 2 nitrogen and oxygen atoms in total. The molecule has 0 N–H and O–H groups in total. The third-order valence-corrected chi connectivity index (χ3v) is 4.73. The van der Waals surface area contributed by atoms with Crippen LogP contribution >= 0.6 is 23.2 Å². The number of hydrogen-bond donors (Lipinski definition) is 0. The minimum absolute atomic E-state index is 0.0726. The Morgan fingerprint density at radius 3 is 2.57 bits per heavy atom. The average Bonchev–Trinajstić information content (AvgIpc) is 2.80. The molecular weight excluding hydrogens is 307 g/mol. The molecule has 0 fully saturated rings. The summed E-state index contributed by atoms with van der Waals surface area (Å²) in [5, 5.41) is 0.623. The van der Waals surface area contributed by atoms with Gasteiger partial charge in [0.1, 0.15) is 10.8 Å². The zero-order valence-electron chi connectivity index (χ0n) is 11.5. The lowest BCUT2D eigenvalue weighted by Gasteiger charge is -2.08. The molecule has 0 aliphatic heterocycles.